The zero-order valence-corrected chi connectivity index (χ0v) is 32.5. The van der Waals surface area contributed by atoms with Crippen molar-refractivity contribution in [1.29, 1.82) is 0 Å². The fraction of sp³-hybridized carbons (Fsp3) is 0.795. The molecule has 274 valence electrons. The number of hydrogen-bond donors (Lipinski definition) is 0. The summed E-state index contributed by atoms with van der Waals surface area (Å²) < 4.78 is 0. The number of allylic oxidation sites excluding steroid dienone is 8. The third-order valence-electron chi connectivity index (χ3n) is 8.95. The third-order valence-corrected chi connectivity index (χ3v) is 8.95. The number of oxime groups is 1. The molecule has 0 heterocycles. The topological polar surface area (TPSA) is 24.8 Å². The first-order valence-electron chi connectivity index (χ1n) is 20.5. The maximum absolute atomic E-state index is 6.16. The highest BCUT2D eigenvalue weighted by Gasteiger charge is 2.10. The van der Waals surface area contributed by atoms with Crippen LogP contribution in [-0.2, 0) is 4.84 Å². The zero-order chi connectivity index (χ0) is 34.3. The molecule has 0 amide bonds. The Balaban J connectivity index is 4.09. The van der Waals surface area contributed by atoms with Crippen molar-refractivity contribution in [3.8, 4) is 0 Å². The predicted octanol–water partition coefficient (Wildman–Crippen LogP) is 14.5. The predicted molar refractivity (Wildman–Crippen MR) is 214 cm³/mol. The molecule has 0 bridgehead atoms. The quantitative estimate of drug-likeness (QED) is 0.0291. The second kappa shape index (κ2) is 38.8. The summed E-state index contributed by atoms with van der Waals surface area (Å²) in [5, 5.41) is 4.58. The molecule has 0 saturated carbocycles. The summed E-state index contributed by atoms with van der Waals surface area (Å²) >= 11 is 0. The smallest absolute Gasteiger partial charge is 0.127 e. The largest absolute Gasteiger partial charge is 0.393 e. The van der Waals surface area contributed by atoms with Crippen molar-refractivity contribution in [2.45, 2.75) is 207 Å². The normalized spacial score (nSPS) is 12.9. The number of rotatable bonds is 36. The Morgan fingerprint density at radius 2 is 0.894 bits per heavy atom. The molecule has 0 unspecified atom stereocenters. The fourth-order valence-electron chi connectivity index (χ4n) is 5.83. The highest BCUT2D eigenvalue weighted by Crippen LogP contribution is 2.18. The standard InChI is InChI=1S/C44H82N2O/c1-6-8-10-12-14-16-18-20-22-24-26-28-30-32-34-36-40-44(47-45-43(3)39-38-42-46(4)5)41-37-35-33-31-29-27-25-23-21-19-17-15-13-11-9-7-2/h14-17,20-23,44H,6-13,18-19,24-42H2,1-5H3/b16-14-,17-15-,22-20-,23-21-,45-43?. The highest BCUT2D eigenvalue weighted by molar-refractivity contribution is 5.81. The monoisotopic (exact) mass is 655 g/mol. The molecule has 0 aromatic rings. The van der Waals surface area contributed by atoms with Gasteiger partial charge >= 0.3 is 0 Å². The van der Waals surface area contributed by atoms with Gasteiger partial charge in [-0.25, -0.2) is 0 Å². The molecule has 3 nitrogen and oxygen atoms in total. The van der Waals surface area contributed by atoms with Crippen molar-refractivity contribution >= 4 is 5.71 Å². The van der Waals surface area contributed by atoms with Gasteiger partial charge in [0.1, 0.15) is 6.10 Å². The van der Waals surface area contributed by atoms with Crippen LogP contribution in [0.25, 0.3) is 0 Å². The molecule has 0 aromatic heterocycles. The molecule has 0 aliphatic rings. The lowest BCUT2D eigenvalue weighted by Crippen LogP contribution is -2.14. The van der Waals surface area contributed by atoms with Crippen LogP contribution in [0.3, 0.4) is 0 Å². The Hall–Kier alpha value is -1.61. The van der Waals surface area contributed by atoms with Crippen molar-refractivity contribution in [2.24, 2.45) is 5.16 Å². The SMILES string of the molecule is CCCCC/C=C\C/C=C\CCCCCCCCC(CCCCCCCC/C=C\C/C=C\CCCCC)ON=C(C)CCCN(C)C. The summed E-state index contributed by atoms with van der Waals surface area (Å²) in [5.74, 6) is 0. The van der Waals surface area contributed by atoms with Crippen molar-refractivity contribution in [2.75, 3.05) is 20.6 Å². The Morgan fingerprint density at radius 1 is 0.511 bits per heavy atom. The van der Waals surface area contributed by atoms with E-state index in [4.69, 9.17) is 4.84 Å². The molecular formula is C44H82N2O. The Labute approximate surface area is 295 Å². The maximum atomic E-state index is 6.16. The van der Waals surface area contributed by atoms with E-state index in [2.05, 4.69) is 93.5 Å². The molecule has 0 rings (SSSR count). The summed E-state index contributed by atoms with van der Waals surface area (Å²) in [6, 6.07) is 0. The third kappa shape index (κ3) is 38.7. The second-order valence-electron chi connectivity index (χ2n) is 14.2. The van der Waals surface area contributed by atoms with Gasteiger partial charge in [-0.15, -0.1) is 0 Å². The molecule has 0 aromatic carbocycles. The van der Waals surface area contributed by atoms with Crippen LogP contribution in [0.5, 0.6) is 0 Å². The van der Waals surface area contributed by atoms with E-state index in [1.807, 2.05) is 0 Å². The van der Waals surface area contributed by atoms with Crippen molar-refractivity contribution in [3.05, 3.63) is 48.6 Å². The van der Waals surface area contributed by atoms with Gasteiger partial charge in [-0.2, -0.15) is 0 Å². The van der Waals surface area contributed by atoms with E-state index in [1.54, 1.807) is 0 Å². The van der Waals surface area contributed by atoms with Gasteiger partial charge in [0.15, 0.2) is 0 Å². The summed E-state index contributed by atoms with van der Waals surface area (Å²) in [5.41, 5.74) is 1.14. The summed E-state index contributed by atoms with van der Waals surface area (Å²) in [4.78, 5) is 8.40. The number of unbranched alkanes of at least 4 members (excludes halogenated alkanes) is 18. The van der Waals surface area contributed by atoms with Gasteiger partial charge in [-0.3, -0.25) is 0 Å². The van der Waals surface area contributed by atoms with E-state index in [9.17, 15) is 0 Å². The molecule has 0 saturated heterocycles. The van der Waals surface area contributed by atoms with Gasteiger partial charge in [-0.05, 0) is 130 Å². The van der Waals surface area contributed by atoms with Crippen LogP contribution in [0.4, 0.5) is 0 Å². The molecule has 0 N–H and O–H groups in total. The first-order valence-corrected chi connectivity index (χ1v) is 20.5. The molecule has 0 aliphatic heterocycles. The zero-order valence-electron chi connectivity index (χ0n) is 32.5. The van der Waals surface area contributed by atoms with Gasteiger partial charge in [-0.1, -0.05) is 145 Å². The first-order chi connectivity index (χ1) is 23.1. The average molecular weight is 655 g/mol. The van der Waals surface area contributed by atoms with Crippen molar-refractivity contribution in [3.63, 3.8) is 0 Å². The summed E-state index contributed by atoms with van der Waals surface area (Å²) in [7, 11) is 4.28. The van der Waals surface area contributed by atoms with Gasteiger partial charge in [0, 0.05) is 0 Å². The van der Waals surface area contributed by atoms with Crippen LogP contribution < -0.4 is 0 Å². The van der Waals surface area contributed by atoms with E-state index in [-0.39, 0.29) is 6.10 Å². The molecule has 3 heteroatoms. The van der Waals surface area contributed by atoms with Gasteiger partial charge in [0.05, 0.1) is 5.71 Å². The van der Waals surface area contributed by atoms with E-state index in [0.29, 0.717) is 0 Å². The van der Waals surface area contributed by atoms with Crippen LogP contribution in [-0.4, -0.2) is 37.4 Å². The molecule has 0 atom stereocenters. The summed E-state index contributed by atoms with van der Waals surface area (Å²) in [6.07, 6.45) is 54.8. The first kappa shape index (κ1) is 45.4. The lowest BCUT2D eigenvalue weighted by Gasteiger charge is -2.16. The van der Waals surface area contributed by atoms with E-state index < -0.39 is 0 Å². The number of nitrogens with zero attached hydrogens (tertiary/aromatic N) is 2. The Morgan fingerprint density at radius 3 is 1.30 bits per heavy atom. The van der Waals surface area contributed by atoms with Crippen LogP contribution in [0, 0.1) is 0 Å². The van der Waals surface area contributed by atoms with Gasteiger partial charge < -0.3 is 9.74 Å². The molecule has 0 radical (unpaired) electrons. The lowest BCUT2D eigenvalue weighted by atomic mass is 10.0. The highest BCUT2D eigenvalue weighted by atomic mass is 16.6. The second-order valence-corrected chi connectivity index (χ2v) is 14.2. The lowest BCUT2D eigenvalue weighted by molar-refractivity contribution is 0.0424. The molecule has 0 fully saturated rings. The fourth-order valence-corrected chi connectivity index (χ4v) is 5.83. The van der Waals surface area contributed by atoms with Crippen LogP contribution >= 0.6 is 0 Å². The average Bonchev–Trinajstić information content (AvgIpc) is 3.06. The molecule has 0 aliphatic carbocycles. The maximum Gasteiger partial charge on any atom is 0.127 e. The van der Waals surface area contributed by atoms with Gasteiger partial charge in [0.2, 0.25) is 0 Å². The molecule has 0 spiro atoms. The molecular weight excluding hydrogens is 572 g/mol. The number of hydrogen-bond acceptors (Lipinski definition) is 3. The van der Waals surface area contributed by atoms with E-state index >= 15 is 0 Å². The van der Waals surface area contributed by atoms with E-state index in [0.717, 1.165) is 50.8 Å². The van der Waals surface area contributed by atoms with Gasteiger partial charge in [0.25, 0.3) is 0 Å². The minimum atomic E-state index is 0.287. The summed E-state index contributed by atoms with van der Waals surface area (Å²) in [6.45, 7) is 7.78. The molecule has 47 heavy (non-hydrogen) atoms. The van der Waals surface area contributed by atoms with Crippen molar-refractivity contribution < 1.29 is 4.84 Å². The Kier molecular flexibility index (Phi) is 37.5. The minimum absolute atomic E-state index is 0.287. The van der Waals surface area contributed by atoms with E-state index in [1.165, 1.54) is 141 Å². The van der Waals surface area contributed by atoms with Crippen molar-refractivity contribution in [1.82, 2.24) is 4.90 Å². The Bertz CT molecular complexity index is 715. The van der Waals surface area contributed by atoms with Crippen LogP contribution in [0.15, 0.2) is 53.8 Å². The van der Waals surface area contributed by atoms with Crippen LogP contribution in [0.1, 0.15) is 201 Å². The van der Waals surface area contributed by atoms with Crippen LogP contribution in [0.2, 0.25) is 0 Å². The minimum Gasteiger partial charge on any atom is -0.393 e.